The Balaban J connectivity index is 3.15. The van der Waals surface area contributed by atoms with Gasteiger partial charge in [0.1, 0.15) is 6.10 Å². The molecule has 0 bridgehead atoms. The SMILES string of the molecule is COC=C1C=C(C(C)(C)C)CC(=COC)C1O. The summed E-state index contributed by atoms with van der Waals surface area (Å²) in [6.07, 6.45) is 5.31. The van der Waals surface area contributed by atoms with Gasteiger partial charge in [0.2, 0.25) is 0 Å². The summed E-state index contributed by atoms with van der Waals surface area (Å²) in [5, 5.41) is 10.1. The predicted molar refractivity (Wildman–Crippen MR) is 68.3 cm³/mol. The van der Waals surface area contributed by atoms with E-state index in [1.807, 2.05) is 6.08 Å². The van der Waals surface area contributed by atoms with E-state index in [0.717, 1.165) is 17.6 Å². The highest BCUT2D eigenvalue weighted by atomic mass is 16.5. The molecule has 1 unspecified atom stereocenters. The molecule has 1 aliphatic rings. The van der Waals surface area contributed by atoms with Crippen molar-refractivity contribution in [2.24, 2.45) is 5.41 Å². The molecule has 96 valence electrons. The average molecular weight is 238 g/mol. The maximum absolute atomic E-state index is 10.1. The summed E-state index contributed by atoms with van der Waals surface area (Å²) in [5.74, 6) is 0. The van der Waals surface area contributed by atoms with Crippen LogP contribution in [-0.2, 0) is 9.47 Å². The van der Waals surface area contributed by atoms with Crippen LogP contribution in [0.15, 0.2) is 35.3 Å². The fourth-order valence-corrected chi connectivity index (χ4v) is 1.84. The van der Waals surface area contributed by atoms with Gasteiger partial charge in [-0.2, -0.15) is 0 Å². The highest BCUT2D eigenvalue weighted by Gasteiger charge is 2.28. The quantitative estimate of drug-likeness (QED) is 0.752. The van der Waals surface area contributed by atoms with Crippen molar-refractivity contribution >= 4 is 0 Å². The number of aliphatic hydroxyl groups excluding tert-OH is 1. The third-order valence-electron chi connectivity index (χ3n) is 2.89. The maximum atomic E-state index is 10.1. The number of aliphatic hydroxyl groups is 1. The van der Waals surface area contributed by atoms with Crippen LogP contribution in [0.5, 0.6) is 0 Å². The van der Waals surface area contributed by atoms with Crippen molar-refractivity contribution in [2.75, 3.05) is 14.2 Å². The van der Waals surface area contributed by atoms with Gasteiger partial charge in [-0.3, -0.25) is 0 Å². The predicted octanol–water partition coefficient (Wildman–Crippen LogP) is 2.78. The number of rotatable bonds is 2. The Bertz CT molecular complexity index is 356. The average Bonchev–Trinajstić information content (AvgIpc) is 2.22. The number of hydrogen-bond donors (Lipinski definition) is 1. The molecular formula is C14H22O3. The molecule has 1 N–H and O–H groups in total. The number of ether oxygens (including phenoxy) is 2. The highest BCUT2D eigenvalue weighted by Crippen LogP contribution is 2.37. The Morgan fingerprint density at radius 3 is 2.29 bits per heavy atom. The molecule has 1 aliphatic carbocycles. The molecule has 3 heteroatoms. The Hall–Kier alpha value is -1.22. The van der Waals surface area contributed by atoms with Gasteiger partial charge in [-0.1, -0.05) is 32.4 Å². The molecule has 0 saturated heterocycles. The molecule has 17 heavy (non-hydrogen) atoms. The Morgan fingerprint density at radius 1 is 1.24 bits per heavy atom. The van der Waals surface area contributed by atoms with Crippen LogP contribution in [0.4, 0.5) is 0 Å². The van der Waals surface area contributed by atoms with Gasteiger partial charge >= 0.3 is 0 Å². The van der Waals surface area contributed by atoms with E-state index in [9.17, 15) is 5.11 Å². The zero-order valence-corrected chi connectivity index (χ0v) is 11.3. The van der Waals surface area contributed by atoms with Crippen molar-refractivity contribution < 1.29 is 14.6 Å². The maximum Gasteiger partial charge on any atom is 0.107 e. The molecule has 0 amide bonds. The lowest BCUT2D eigenvalue weighted by Gasteiger charge is -2.30. The first-order chi connectivity index (χ1) is 7.90. The molecule has 0 heterocycles. The molecule has 0 aliphatic heterocycles. The Morgan fingerprint density at radius 2 is 1.82 bits per heavy atom. The Kier molecular flexibility index (Phi) is 4.40. The third kappa shape index (κ3) is 3.37. The lowest BCUT2D eigenvalue weighted by atomic mass is 9.77. The summed E-state index contributed by atoms with van der Waals surface area (Å²) in [6.45, 7) is 6.47. The molecule has 1 rings (SSSR count). The van der Waals surface area contributed by atoms with Gasteiger partial charge in [0, 0.05) is 11.1 Å². The fraction of sp³-hybridized carbons (Fsp3) is 0.571. The Labute approximate surface area is 103 Å². The molecule has 0 aromatic carbocycles. The second kappa shape index (κ2) is 5.41. The van der Waals surface area contributed by atoms with E-state index in [1.54, 1.807) is 26.7 Å². The van der Waals surface area contributed by atoms with Crippen molar-refractivity contribution in [2.45, 2.75) is 33.3 Å². The topological polar surface area (TPSA) is 38.7 Å². The summed E-state index contributed by atoms with van der Waals surface area (Å²) in [5.41, 5.74) is 2.96. The van der Waals surface area contributed by atoms with Crippen LogP contribution in [0, 0.1) is 5.41 Å². The smallest absolute Gasteiger partial charge is 0.107 e. The minimum atomic E-state index is -0.638. The van der Waals surface area contributed by atoms with Crippen LogP contribution >= 0.6 is 0 Å². The summed E-state index contributed by atoms with van der Waals surface area (Å²) in [6, 6.07) is 0. The van der Waals surface area contributed by atoms with Crippen molar-refractivity contribution in [1.29, 1.82) is 0 Å². The fourth-order valence-electron chi connectivity index (χ4n) is 1.84. The zero-order valence-electron chi connectivity index (χ0n) is 11.3. The molecule has 3 nitrogen and oxygen atoms in total. The van der Waals surface area contributed by atoms with Crippen LogP contribution < -0.4 is 0 Å². The minimum absolute atomic E-state index is 0.0692. The van der Waals surface area contributed by atoms with E-state index in [-0.39, 0.29) is 5.41 Å². The first-order valence-electron chi connectivity index (χ1n) is 5.74. The number of allylic oxidation sites excluding steroid dienone is 1. The van der Waals surface area contributed by atoms with Gasteiger partial charge in [-0.05, 0) is 11.8 Å². The summed E-state index contributed by atoms with van der Waals surface area (Å²) in [4.78, 5) is 0. The van der Waals surface area contributed by atoms with E-state index in [1.165, 1.54) is 5.57 Å². The molecule has 1 atom stereocenters. The van der Waals surface area contributed by atoms with Crippen molar-refractivity contribution in [3.8, 4) is 0 Å². The van der Waals surface area contributed by atoms with Crippen molar-refractivity contribution in [3.63, 3.8) is 0 Å². The highest BCUT2D eigenvalue weighted by molar-refractivity contribution is 5.42. The van der Waals surface area contributed by atoms with E-state index >= 15 is 0 Å². The summed E-state index contributed by atoms with van der Waals surface area (Å²) in [7, 11) is 3.17. The number of methoxy groups -OCH3 is 2. The van der Waals surface area contributed by atoms with Gasteiger partial charge in [0.15, 0.2) is 0 Å². The standard InChI is InChI=1S/C14H22O3/c1-14(2,3)12-6-10(8-16-4)13(15)11(7-12)9-17-5/h6,8-9,13,15H,7H2,1-5H3. The van der Waals surface area contributed by atoms with Crippen LogP contribution in [0.25, 0.3) is 0 Å². The van der Waals surface area contributed by atoms with Gasteiger partial charge in [-0.15, -0.1) is 0 Å². The monoisotopic (exact) mass is 238 g/mol. The van der Waals surface area contributed by atoms with Crippen molar-refractivity contribution in [1.82, 2.24) is 0 Å². The van der Waals surface area contributed by atoms with E-state index in [2.05, 4.69) is 20.8 Å². The molecule has 0 aromatic heterocycles. The van der Waals surface area contributed by atoms with Crippen LogP contribution in [-0.4, -0.2) is 25.4 Å². The minimum Gasteiger partial charge on any atom is -0.504 e. The summed E-state index contributed by atoms with van der Waals surface area (Å²) >= 11 is 0. The number of hydrogen-bond acceptors (Lipinski definition) is 3. The third-order valence-corrected chi connectivity index (χ3v) is 2.89. The van der Waals surface area contributed by atoms with Gasteiger partial charge in [0.25, 0.3) is 0 Å². The van der Waals surface area contributed by atoms with Crippen LogP contribution in [0.3, 0.4) is 0 Å². The second-order valence-electron chi connectivity index (χ2n) is 5.28. The second-order valence-corrected chi connectivity index (χ2v) is 5.28. The van der Waals surface area contributed by atoms with Crippen LogP contribution in [0.1, 0.15) is 27.2 Å². The molecule has 0 saturated carbocycles. The molecule has 0 fully saturated rings. The van der Waals surface area contributed by atoms with E-state index in [0.29, 0.717) is 0 Å². The largest absolute Gasteiger partial charge is 0.504 e. The molecule has 0 radical (unpaired) electrons. The molecular weight excluding hydrogens is 216 g/mol. The van der Waals surface area contributed by atoms with Gasteiger partial charge in [-0.25, -0.2) is 0 Å². The van der Waals surface area contributed by atoms with E-state index in [4.69, 9.17) is 9.47 Å². The molecule has 0 spiro atoms. The first-order valence-corrected chi connectivity index (χ1v) is 5.74. The van der Waals surface area contributed by atoms with Gasteiger partial charge in [0.05, 0.1) is 26.7 Å². The van der Waals surface area contributed by atoms with E-state index < -0.39 is 6.10 Å². The van der Waals surface area contributed by atoms with Crippen molar-refractivity contribution in [3.05, 3.63) is 35.3 Å². The van der Waals surface area contributed by atoms with Gasteiger partial charge < -0.3 is 14.6 Å². The van der Waals surface area contributed by atoms with Crippen LogP contribution in [0.2, 0.25) is 0 Å². The summed E-state index contributed by atoms with van der Waals surface area (Å²) < 4.78 is 10.0. The first kappa shape index (κ1) is 13.8. The lowest BCUT2D eigenvalue weighted by Crippen LogP contribution is -2.23. The normalized spacial score (nSPS) is 26.0. The molecule has 0 aromatic rings. The lowest BCUT2D eigenvalue weighted by molar-refractivity contribution is 0.222. The zero-order chi connectivity index (χ0) is 13.1.